The van der Waals surface area contributed by atoms with E-state index in [9.17, 15) is 9.18 Å². The van der Waals surface area contributed by atoms with Crippen LogP contribution in [0.3, 0.4) is 0 Å². The molecule has 0 saturated carbocycles. The minimum atomic E-state index is -0.534. The van der Waals surface area contributed by atoms with Crippen molar-refractivity contribution in [1.29, 1.82) is 0 Å². The predicted molar refractivity (Wildman–Crippen MR) is 87.7 cm³/mol. The summed E-state index contributed by atoms with van der Waals surface area (Å²) in [6.45, 7) is 1.35. The summed E-state index contributed by atoms with van der Waals surface area (Å²) < 4.78 is 16.5. The second-order valence-electron chi connectivity index (χ2n) is 5.62. The summed E-state index contributed by atoms with van der Waals surface area (Å²) >= 11 is 3.18. The molecule has 0 spiro atoms. The Labute approximate surface area is 142 Å². The minimum Gasteiger partial charge on any atom is -0.351 e. The highest BCUT2D eigenvalue weighted by molar-refractivity contribution is 9.10. The smallest absolute Gasteiger partial charge is 0.254 e. The van der Waals surface area contributed by atoms with Crippen molar-refractivity contribution in [3.8, 4) is 0 Å². The molecule has 0 bridgehead atoms. The predicted octanol–water partition coefficient (Wildman–Crippen LogP) is 2.88. The Bertz CT molecular complexity index is 716. The number of carbonyl (C=O) groups is 1. The van der Waals surface area contributed by atoms with E-state index < -0.39 is 11.7 Å². The van der Waals surface area contributed by atoms with Crippen molar-refractivity contribution in [2.24, 2.45) is 0 Å². The number of nitrogens with one attached hydrogen (secondary N) is 1. The Balaban J connectivity index is 1.59. The molecule has 2 heterocycles. The Hall–Kier alpha value is -1.76. The fourth-order valence-corrected chi connectivity index (χ4v) is 3.12. The van der Waals surface area contributed by atoms with E-state index in [4.69, 9.17) is 0 Å². The molecular formula is C16H18BrFN4O. The van der Waals surface area contributed by atoms with Crippen LogP contribution in [-0.2, 0) is 19.4 Å². The van der Waals surface area contributed by atoms with Crippen molar-refractivity contribution in [2.45, 2.75) is 38.6 Å². The quantitative estimate of drug-likeness (QED) is 0.886. The molecule has 0 atom stereocenters. The molecule has 7 heteroatoms. The maximum absolute atomic E-state index is 13.8. The first-order valence-electron chi connectivity index (χ1n) is 7.79. The van der Waals surface area contributed by atoms with Gasteiger partial charge in [0.25, 0.3) is 5.91 Å². The molecule has 1 aliphatic heterocycles. The normalized spacial score (nSPS) is 14.2. The largest absolute Gasteiger partial charge is 0.351 e. The van der Waals surface area contributed by atoms with Crippen LogP contribution in [0.15, 0.2) is 22.7 Å². The maximum Gasteiger partial charge on any atom is 0.254 e. The second-order valence-corrected chi connectivity index (χ2v) is 6.54. The number of rotatable bonds is 4. The molecule has 0 aliphatic carbocycles. The summed E-state index contributed by atoms with van der Waals surface area (Å²) in [5.41, 5.74) is 0.0493. The third kappa shape index (κ3) is 3.77. The van der Waals surface area contributed by atoms with Gasteiger partial charge in [-0.3, -0.25) is 4.79 Å². The monoisotopic (exact) mass is 380 g/mol. The summed E-state index contributed by atoms with van der Waals surface area (Å²) in [5, 5.41) is 11.2. The zero-order valence-electron chi connectivity index (χ0n) is 12.7. The minimum absolute atomic E-state index is 0.0493. The van der Waals surface area contributed by atoms with Gasteiger partial charge in [-0.2, -0.15) is 0 Å². The third-order valence-electron chi connectivity index (χ3n) is 4.00. The molecule has 0 fully saturated rings. The number of hydrogen-bond acceptors (Lipinski definition) is 3. The number of aromatic nitrogens is 3. The first-order valence-corrected chi connectivity index (χ1v) is 8.58. The molecule has 5 nitrogen and oxygen atoms in total. The van der Waals surface area contributed by atoms with Gasteiger partial charge < -0.3 is 9.88 Å². The van der Waals surface area contributed by atoms with Crippen LogP contribution in [-0.4, -0.2) is 27.2 Å². The van der Waals surface area contributed by atoms with Gasteiger partial charge in [0, 0.05) is 30.4 Å². The third-order valence-corrected chi connectivity index (χ3v) is 4.49. The van der Waals surface area contributed by atoms with E-state index in [0.717, 1.165) is 37.5 Å². The Kier molecular flexibility index (Phi) is 5.05. The van der Waals surface area contributed by atoms with Gasteiger partial charge in [-0.15, -0.1) is 10.2 Å². The average Bonchev–Trinajstić information content (AvgIpc) is 2.75. The van der Waals surface area contributed by atoms with Crippen LogP contribution in [0.25, 0.3) is 0 Å². The Morgan fingerprint density at radius 2 is 2.17 bits per heavy atom. The van der Waals surface area contributed by atoms with E-state index in [-0.39, 0.29) is 5.56 Å². The highest BCUT2D eigenvalue weighted by atomic mass is 79.9. The van der Waals surface area contributed by atoms with Crippen LogP contribution in [0.4, 0.5) is 4.39 Å². The Morgan fingerprint density at radius 3 is 3.00 bits per heavy atom. The number of hydrogen-bond donors (Lipinski definition) is 1. The number of halogens is 2. The fraction of sp³-hybridized carbons (Fsp3) is 0.438. The molecule has 23 heavy (non-hydrogen) atoms. The topological polar surface area (TPSA) is 59.8 Å². The van der Waals surface area contributed by atoms with Gasteiger partial charge in [0.05, 0.1) is 5.56 Å². The molecule has 122 valence electrons. The lowest BCUT2D eigenvalue weighted by Crippen LogP contribution is -2.27. The van der Waals surface area contributed by atoms with Crippen LogP contribution in [0.1, 0.15) is 41.3 Å². The van der Waals surface area contributed by atoms with Gasteiger partial charge in [0.2, 0.25) is 0 Å². The van der Waals surface area contributed by atoms with Crippen molar-refractivity contribution < 1.29 is 9.18 Å². The SMILES string of the molecule is O=C(NCCc1nnc2n1CCCCC2)c1ccc(Br)cc1F. The lowest BCUT2D eigenvalue weighted by molar-refractivity contribution is 0.0950. The van der Waals surface area contributed by atoms with Crippen LogP contribution >= 0.6 is 15.9 Å². The molecule has 1 amide bonds. The van der Waals surface area contributed by atoms with E-state index in [1.807, 2.05) is 0 Å². The summed E-state index contributed by atoms with van der Waals surface area (Å²) in [5.74, 6) is 0.972. The second kappa shape index (κ2) is 7.21. The van der Waals surface area contributed by atoms with Crippen molar-refractivity contribution >= 4 is 21.8 Å². The zero-order valence-corrected chi connectivity index (χ0v) is 14.3. The van der Waals surface area contributed by atoms with Gasteiger partial charge in [-0.05, 0) is 31.0 Å². The first kappa shape index (κ1) is 16.1. The molecule has 1 aromatic carbocycles. The highest BCUT2D eigenvalue weighted by Gasteiger charge is 2.15. The molecular weight excluding hydrogens is 363 g/mol. The molecule has 2 aromatic rings. The number of nitrogens with zero attached hydrogens (tertiary/aromatic N) is 3. The summed E-state index contributed by atoms with van der Waals surface area (Å²) in [6, 6.07) is 4.40. The number of amides is 1. The molecule has 3 rings (SSSR count). The zero-order chi connectivity index (χ0) is 16.2. The Morgan fingerprint density at radius 1 is 1.30 bits per heavy atom. The van der Waals surface area contributed by atoms with Crippen molar-refractivity contribution in [1.82, 2.24) is 20.1 Å². The maximum atomic E-state index is 13.8. The highest BCUT2D eigenvalue weighted by Crippen LogP contribution is 2.16. The lowest BCUT2D eigenvalue weighted by atomic mass is 10.2. The number of benzene rings is 1. The lowest BCUT2D eigenvalue weighted by Gasteiger charge is -2.08. The van der Waals surface area contributed by atoms with Crippen LogP contribution in [0, 0.1) is 5.82 Å². The molecule has 0 saturated heterocycles. The van der Waals surface area contributed by atoms with Gasteiger partial charge in [-0.25, -0.2) is 4.39 Å². The van der Waals surface area contributed by atoms with Crippen LogP contribution in [0.2, 0.25) is 0 Å². The number of aryl methyl sites for hydroxylation is 1. The standard InChI is InChI=1S/C16H18BrFN4O/c17-11-5-6-12(13(18)10-11)16(23)19-8-7-15-21-20-14-4-2-1-3-9-22(14)15/h5-6,10H,1-4,7-9H2,(H,19,23). The van der Waals surface area contributed by atoms with Crippen molar-refractivity contribution in [3.05, 3.63) is 45.7 Å². The van der Waals surface area contributed by atoms with Crippen LogP contribution < -0.4 is 5.32 Å². The van der Waals surface area contributed by atoms with Gasteiger partial charge in [-0.1, -0.05) is 22.4 Å². The number of fused-ring (bicyclic) bond motifs is 1. The summed E-state index contributed by atoms with van der Waals surface area (Å²) in [7, 11) is 0. The van der Waals surface area contributed by atoms with Gasteiger partial charge in [0.15, 0.2) is 0 Å². The van der Waals surface area contributed by atoms with Crippen molar-refractivity contribution in [2.75, 3.05) is 6.54 Å². The van der Waals surface area contributed by atoms with Crippen LogP contribution in [0.5, 0.6) is 0 Å². The van der Waals surface area contributed by atoms with Gasteiger partial charge >= 0.3 is 0 Å². The van der Waals surface area contributed by atoms with E-state index in [2.05, 4.69) is 36.0 Å². The van der Waals surface area contributed by atoms with E-state index >= 15 is 0 Å². The van der Waals surface area contributed by atoms with E-state index in [0.29, 0.717) is 17.4 Å². The van der Waals surface area contributed by atoms with E-state index in [1.165, 1.54) is 18.6 Å². The first-order chi connectivity index (χ1) is 11.1. The average molecular weight is 381 g/mol. The van der Waals surface area contributed by atoms with E-state index in [1.54, 1.807) is 6.07 Å². The summed E-state index contributed by atoms with van der Waals surface area (Å²) in [6.07, 6.45) is 5.05. The fourth-order valence-electron chi connectivity index (χ4n) is 2.79. The number of carbonyl (C=O) groups excluding carboxylic acids is 1. The molecule has 1 aromatic heterocycles. The van der Waals surface area contributed by atoms with Gasteiger partial charge in [0.1, 0.15) is 17.5 Å². The molecule has 0 radical (unpaired) electrons. The summed E-state index contributed by atoms with van der Waals surface area (Å²) in [4.78, 5) is 12.0. The molecule has 1 N–H and O–H groups in total. The van der Waals surface area contributed by atoms with Crippen molar-refractivity contribution in [3.63, 3.8) is 0 Å². The molecule has 0 unspecified atom stereocenters. The molecule has 1 aliphatic rings.